The standard InChI is InChI=1S/C24H35NO2Si.C18H21NO2/c1-7-19-8-10-21(11-9-19)18-25-22-15-12-20(13-16-22)14-17-23(26)27-28(5,6)24(2,3)4;1-2-14-3-5-16(6-4-14)13-19-17-10-7-15(8-11-17)9-12-18(20)21/h8-13,15-16,25H,7,14,17-18H2,1-6H3;3-8,10-11,19H,2,9,12-13H2,1H3,(H,20,21). The molecule has 0 aliphatic heterocycles. The molecule has 0 heterocycles. The molecule has 0 atom stereocenters. The number of carboxylic acid groups (broad SMARTS) is 1. The van der Waals surface area contributed by atoms with Gasteiger partial charge in [-0.25, -0.2) is 0 Å². The van der Waals surface area contributed by atoms with E-state index in [9.17, 15) is 9.59 Å². The molecule has 262 valence electrons. The van der Waals surface area contributed by atoms with E-state index in [2.05, 4.69) is 131 Å². The molecule has 4 aromatic rings. The normalized spacial score (nSPS) is 11.2. The van der Waals surface area contributed by atoms with E-state index in [1.54, 1.807) is 0 Å². The van der Waals surface area contributed by atoms with E-state index in [0.717, 1.165) is 48.4 Å². The van der Waals surface area contributed by atoms with E-state index in [1.165, 1.54) is 22.3 Å². The van der Waals surface area contributed by atoms with Crippen LogP contribution in [0.5, 0.6) is 0 Å². The van der Waals surface area contributed by atoms with Gasteiger partial charge in [0.05, 0.1) is 0 Å². The molecule has 6 nitrogen and oxygen atoms in total. The van der Waals surface area contributed by atoms with Gasteiger partial charge < -0.3 is 20.2 Å². The Balaban J connectivity index is 0.000000276. The number of aryl methyl sites for hydroxylation is 4. The molecular formula is C42H56N2O4Si. The van der Waals surface area contributed by atoms with Crippen LogP contribution in [-0.2, 0) is 52.8 Å². The van der Waals surface area contributed by atoms with Gasteiger partial charge in [-0.2, -0.15) is 0 Å². The summed E-state index contributed by atoms with van der Waals surface area (Å²) >= 11 is 0. The lowest BCUT2D eigenvalue weighted by molar-refractivity contribution is -0.137. The van der Waals surface area contributed by atoms with Gasteiger partial charge in [-0.1, -0.05) is 107 Å². The van der Waals surface area contributed by atoms with Crippen molar-refractivity contribution in [2.45, 2.75) is 104 Å². The molecule has 4 rings (SSSR count). The minimum atomic E-state index is -2.02. The van der Waals surface area contributed by atoms with Crippen LogP contribution in [0.2, 0.25) is 18.1 Å². The highest BCUT2D eigenvalue weighted by Gasteiger charge is 2.40. The summed E-state index contributed by atoms with van der Waals surface area (Å²) in [7, 11) is -2.02. The van der Waals surface area contributed by atoms with E-state index in [1.807, 2.05) is 24.3 Å². The van der Waals surface area contributed by atoms with E-state index < -0.39 is 14.3 Å². The second-order valence-corrected chi connectivity index (χ2v) is 18.8. The summed E-state index contributed by atoms with van der Waals surface area (Å²) in [5.74, 6) is -0.836. The van der Waals surface area contributed by atoms with Gasteiger partial charge >= 0.3 is 5.97 Å². The van der Waals surface area contributed by atoms with Crippen LogP contribution < -0.4 is 10.6 Å². The highest BCUT2D eigenvalue weighted by molar-refractivity contribution is 6.75. The molecule has 7 heteroatoms. The maximum absolute atomic E-state index is 12.3. The second-order valence-electron chi connectivity index (χ2n) is 14.1. The zero-order valence-electron chi connectivity index (χ0n) is 30.6. The van der Waals surface area contributed by atoms with Crippen LogP contribution in [0.4, 0.5) is 11.4 Å². The fraction of sp³-hybridized carbons (Fsp3) is 0.381. The minimum Gasteiger partial charge on any atom is -0.519 e. The van der Waals surface area contributed by atoms with Crippen molar-refractivity contribution < 1.29 is 19.1 Å². The average Bonchev–Trinajstić information content (AvgIpc) is 3.09. The Morgan fingerprint density at radius 1 is 0.592 bits per heavy atom. The van der Waals surface area contributed by atoms with Crippen LogP contribution in [0.3, 0.4) is 0 Å². The molecular weight excluding hydrogens is 625 g/mol. The molecule has 0 aromatic heterocycles. The third-order valence-corrected chi connectivity index (χ3v) is 13.5. The summed E-state index contributed by atoms with van der Waals surface area (Å²) in [5.41, 5.74) is 9.58. The monoisotopic (exact) mass is 680 g/mol. The van der Waals surface area contributed by atoms with Crippen LogP contribution in [0, 0.1) is 0 Å². The van der Waals surface area contributed by atoms with E-state index in [4.69, 9.17) is 9.53 Å². The zero-order chi connectivity index (χ0) is 35.9. The summed E-state index contributed by atoms with van der Waals surface area (Å²) in [6.07, 6.45) is 4.03. The highest BCUT2D eigenvalue weighted by Crippen LogP contribution is 2.36. The number of aliphatic carboxylic acids is 1. The molecule has 49 heavy (non-hydrogen) atoms. The fourth-order valence-electron chi connectivity index (χ4n) is 4.76. The maximum Gasteiger partial charge on any atom is 0.303 e. The summed E-state index contributed by atoms with van der Waals surface area (Å²) < 4.78 is 5.84. The molecule has 0 saturated carbocycles. The molecule has 0 aliphatic carbocycles. The Bertz CT molecular complexity index is 1570. The van der Waals surface area contributed by atoms with E-state index in [-0.39, 0.29) is 17.4 Å². The van der Waals surface area contributed by atoms with E-state index in [0.29, 0.717) is 19.3 Å². The van der Waals surface area contributed by atoms with Gasteiger partial charge in [0, 0.05) is 37.3 Å². The first-order valence-electron chi connectivity index (χ1n) is 17.5. The molecule has 0 saturated heterocycles. The largest absolute Gasteiger partial charge is 0.519 e. The first-order valence-corrected chi connectivity index (χ1v) is 20.4. The van der Waals surface area contributed by atoms with Gasteiger partial charge in [0.25, 0.3) is 14.3 Å². The van der Waals surface area contributed by atoms with Gasteiger partial charge in [-0.3, -0.25) is 9.59 Å². The van der Waals surface area contributed by atoms with Crippen molar-refractivity contribution in [3.05, 3.63) is 130 Å². The van der Waals surface area contributed by atoms with Crippen LogP contribution >= 0.6 is 0 Å². The quantitative estimate of drug-likeness (QED) is 0.108. The van der Waals surface area contributed by atoms with Crippen LogP contribution in [0.25, 0.3) is 0 Å². The number of benzene rings is 4. The van der Waals surface area contributed by atoms with E-state index >= 15 is 0 Å². The zero-order valence-corrected chi connectivity index (χ0v) is 31.6. The molecule has 0 aliphatic rings. The smallest absolute Gasteiger partial charge is 0.303 e. The molecule has 0 unspecified atom stereocenters. The van der Waals surface area contributed by atoms with Crippen LogP contribution in [0.15, 0.2) is 97.1 Å². The van der Waals surface area contributed by atoms with Crippen LogP contribution in [-0.4, -0.2) is 25.4 Å². The highest BCUT2D eigenvalue weighted by atomic mass is 28.4. The van der Waals surface area contributed by atoms with Crippen molar-refractivity contribution in [1.29, 1.82) is 0 Å². The third-order valence-electron chi connectivity index (χ3n) is 9.18. The number of rotatable bonds is 15. The lowest BCUT2D eigenvalue weighted by Crippen LogP contribution is -2.42. The summed E-state index contributed by atoms with van der Waals surface area (Å²) in [5, 5.41) is 15.5. The van der Waals surface area contributed by atoms with Gasteiger partial charge in [-0.05, 0) is 101 Å². The number of carbonyl (C=O) groups excluding carboxylic acids is 1. The van der Waals surface area contributed by atoms with Crippen molar-refractivity contribution >= 4 is 31.6 Å². The predicted octanol–water partition coefficient (Wildman–Crippen LogP) is 10.2. The molecule has 0 fully saturated rings. The van der Waals surface area contributed by atoms with Gasteiger partial charge in [-0.15, -0.1) is 0 Å². The second kappa shape index (κ2) is 19.0. The summed E-state index contributed by atoms with van der Waals surface area (Å²) in [6.45, 7) is 16.6. The topological polar surface area (TPSA) is 87.7 Å². The average molecular weight is 681 g/mol. The Kier molecular flexibility index (Phi) is 15.1. The van der Waals surface area contributed by atoms with Gasteiger partial charge in [0.15, 0.2) is 0 Å². The molecule has 0 radical (unpaired) electrons. The number of anilines is 2. The number of hydrogen-bond donors (Lipinski definition) is 3. The minimum absolute atomic E-state index is 0.0485. The Labute approximate surface area is 295 Å². The summed E-state index contributed by atoms with van der Waals surface area (Å²) in [6, 6.07) is 33.6. The lowest BCUT2D eigenvalue weighted by atomic mass is 10.1. The molecule has 3 N–H and O–H groups in total. The first-order chi connectivity index (χ1) is 23.3. The van der Waals surface area contributed by atoms with Crippen LogP contribution in [0.1, 0.15) is 80.8 Å². The van der Waals surface area contributed by atoms with Gasteiger partial charge in [0.2, 0.25) is 0 Å². The Morgan fingerprint density at radius 2 is 0.939 bits per heavy atom. The third kappa shape index (κ3) is 14.0. The number of hydrogen-bond acceptors (Lipinski definition) is 5. The molecule has 0 spiro atoms. The molecule has 4 aromatic carbocycles. The number of carboxylic acids is 1. The Hall–Kier alpha value is -4.36. The lowest BCUT2D eigenvalue weighted by Gasteiger charge is -2.35. The fourth-order valence-corrected chi connectivity index (χ4v) is 5.74. The molecule has 0 amide bonds. The number of carbonyl (C=O) groups is 2. The molecule has 0 bridgehead atoms. The SMILES string of the molecule is CCc1ccc(CNc2ccc(CCC(=O)O)cc2)cc1.CCc1ccc(CNc2ccc(CCC(=O)O[Si](C)(C)C(C)(C)C)cc2)cc1. The predicted molar refractivity (Wildman–Crippen MR) is 207 cm³/mol. The maximum atomic E-state index is 12.3. The van der Waals surface area contributed by atoms with Crippen molar-refractivity contribution in [2.24, 2.45) is 0 Å². The van der Waals surface area contributed by atoms with Gasteiger partial charge in [0.1, 0.15) is 0 Å². The van der Waals surface area contributed by atoms with Crippen molar-refractivity contribution in [1.82, 2.24) is 0 Å². The van der Waals surface area contributed by atoms with Crippen molar-refractivity contribution in [2.75, 3.05) is 10.6 Å². The summed E-state index contributed by atoms with van der Waals surface area (Å²) in [4.78, 5) is 22.8. The van der Waals surface area contributed by atoms with Crippen molar-refractivity contribution in [3.63, 3.8) is 0 Å². The first kappa shape index (κ1) is 39.1. The number of nitrogens with one attached hydrogen (secondary N) is 2. The Morgan fingerprint density at radius 3 is 1.29 bits per heavy atom. The van der Waals surface area contributed by atoms with Crippen molar-refractivity contribution in [3.8, 4) is 0 Å².